The van der Waals surface area contributed by atoms with Gasteiger partial charge in [0.1, 0.15) is 6.33 Å². The standard InChI is InChI=1S/C12H9BrN4O2/c13-9-3-1-8(2-4-9)10(18)5-6-11(19)16-12-14-7-15-17-12/h1-7H,(H2,14,15,16,17,19)/b6-5+. The fourth-order valence-corrected chi connectivity index (χ4v) is 1.55. The van der Waals surface area contributed by atoms with Crippen LogP contribution in [0.4, 0.5) is 5.95 Å². The Bertz CT molecular complexity index is 605. The number of hydrogen-bond donors (Lipinski definition) is 2. The van der Waals surface area contributed by atoms with Crippen LogP contribution in [-0.2, 0) is 4.79 Å². The van der Waals surface area contributed by atoms with Gasteiger partial charge in [0, 0.05) is 16.1 Å². The first-order valence-electron chi connectivity index (χ1n) is 5.29. The van der Waals surface area contributed by atoms with Crippen molar-refractivity contribution in [2.24, 2.45) is 0 Å². The number of benzene rings is 1. The van der Waals surface area contributed by atoms with Gasteiger partial charge in [0.15, 0.2) is 5.78 Å². The number of H-pyrrole nitrogens is 1. The second-order valence-corrected chi connectivity index (χ2v) is 4.44. The Hall–Kier alpha value is -2.28. The fourth-order valence-electron chi connectivity index (χ4n) is 1.29. The van der Waals surface area contributed by atoms with E-state index in [0.29, 0.717) is 5.56 Å². The lowest BCUT2D eigenvalue weighted by Gasteiger charge is -1.97. The van der Waals surface area contributed by atoms with E-state index in [1.54, 1.807) is 24.3 Å². The Kier molecular flexibility index (Phi) is 4.19. The van der Waals surface area contributed by atoms with Crippen LogP contribution in [-0.4, -0.2) is 26.9 Å². The maximum atomic E-state index is 11.7. The van der Waals surface area contributed by atoms with Crippen molar-refractivity contribution < 1.29 is 9.59 Å². The molecule has 19 heavy (non-hydrogen) atoms. The topological polar surface area (TPSA) is 87.7 Å². The first-order valence-corrected chi connectivity index (χ1v) is 6.09. The van der Waals surface area contributed by atoms with Gasteiger partial charge in [-0.15, -0.1) is 0 Å². The molecule has 0 aliphatic rings. The number of carbonyl (C=O) groups excluding carboxylic acids is 2. The van der Waals surface area contributed by atoms with Crippen LogP contribution < -0.4 is 5.32 Å². The van der Waals surface area contributed by atoms with Gasteiger partial charge in [-0.3, -0.25) is 14.9 Å². The van der Waals surface area contributed by atoms with E-state index in [0.717, 1.165) is 10.5 Å². The highest BCUT2D eigenvalue weighted by atomic mass is 79.9. The summed E-state index contributed by atoms with van der Waals surface area (Å²) in [6.45, 7) is 0. The number of anilines is 1. The SMILES string of the molecule is O=C(/C=C/C(=O)c1ccc(Br)cc1)Nc1ncn[nH]1. The molecule has 96 valence electrons. The smallest absolute Gasteiger partial charge is 0.250 e. The van der Waals surface area contributed by atoms with Gasteiger partial charge in [0.25, 0.3) is 5.91 Å². The summed E-state index contributed by atoms with van der Waals surface area (Å²) in [4.78, 5) is 26.9. The van der Waals surface area contributed by atoms with E-state index in [2.05, 4.69) is 36.4 Å². The minimum atomic E-state index is -0.456. The molecule has 6 nitrogen and oxygen atoms in total. The van der Waals surface area contributed by atoms with Crippen molar-refractivity contribution in [1.82, 2.24) is 15.2 Å². The molecule has 0 saturated carbocycles. The Morgan fingerprint density at radius 2 is 1.95 bits per heavy atom. The number of halogens is 1. The van der Waals surface area contributed by atoms with Crippen LogP contribution in [0.25, 0.3) is 0 Å². The summed E-state index contributed by atoms with van der Waals surface area (Å²) in [5.41, 5.74) is 0.506. The maximum absolute atomic E-state index is 11.7. The first-order chi connectivity index (χ1) is 9.15. The number of nitrogens with one attached hydrogen (secondary N) is 2. The number of rotatable bonds is 4. The normalized spacial score (nSPS) is 10.6. The minimum Gasteiger partial charge on any atom is -0.291 e. The molecule has 0 aliphatic carbocycles. The quantitative estimate of drug-likeness (QED) is 0.665. The second kappa shape index (κ2) is 6.05. The van der Waals surface area contributed by atoms with Crippen molar-refractivity contribution in [2.45, 2.75) is 0 Å². The van der Waals surface area contributed by atoms with Gasteiger partial charge in [0.05, 0.1) is 0 Å². The summed E-state index contributed by atoms with van der Waals surface area (Å²) in [5.74, 6) is -0.479. The molecule has 2 rings (SSSR count). The molecule has 0 fully saturated rings. The molecule has 0 unspecified atom stereocenters. The monoisotopic (exact) mass is 320 g/mol. The van der Waals surface area contributed by atoms with Gasteiger partial charge in [0.2, 0.25) is 5.95 Å². The lowest BCUT2D eigenvalue weighted by molar-refractivity contribution is -0.112. The first kappa shape index (κ1) is 13.2. The van der Waals surface area contributed by atoms with E-state index in [1.165, 1.54) is 12.4 Å². The molecule has 0 atom stereocenters. The van der Waals surface area contributed by atoms with E-state index in [4.69, 9.17) is 0 Å². The minimum absolute atomic E-state index is 0.228. The molecule has 0 aliphatic heterocycles. The van der Waals surface area contributed by atoms with E-state index in [1.807, 2.05) is 0 Å². The van der Waals surface area contributed by atoms with Crippen LogP contribution >= 0.6 is 15.9 Å². The number of hydrogen-bond acceptors (Lipinski definition) is 4. The van der Waals surface area contributed by atoms with Crippen molar-refractivity contribution >= 4 is 33.6 Å². The van der Waals surface area contributed by atoms with Crippen LogP contribution in [0, 0.1) is 0 Å². The number of amides is 1. The molecule has 0 saturated heterocycles. The Labute approximate surface area is 117 Å². The van der Waals surface area contributed by atoms with Crippen LogP contribution in [0.5, 0.6) is 0 Å². The van der Waals surface area contributed by atoms with Crippen molar-refractivity contribution in [3.8, 4) is 0 Å². The Balaban J connectivity index is 1.96. The van der Waals surface area contributed by atoms with Crippen molar-refractivity contribution in [3.63, 3.8) is 0 Å². The number of ketones is 1. The average Bonchev–Trinajstić information content (AvgIpc) is 2.89. The molecule has 1 aromatic heterocycles. The maximum Gasteiger partial charge on any atom is 0.250 e. The molecule has 2 aromatic rings. The van der Waals surface area contributed by atoms with Gasteiger partial charge in [-0.1, -0.05) is 15.9 Å². The summed E-state index contributed by atoms with van der Waals surface area (Å²) in [6, 6.07) is 6.86. The molecule has 1 aromatic carbocycles. The summed E-state index contributed by atoms with van der Waals surface area (Å²) >= 11 is 3.28. The second-order valence-electron chi connectivity index (χ2n) is 3.53. The number of aromatic nitrogens is 3. The highest BCUT2D eigenvalue weighted by Crippen LogP contribution is 2.11. The molecule has 7 heteroatoms. The zero-order chi connectivity index (χ0) is 13.7. The van der Waals surface area contributed by atoms with Crippen molar-refractivity contribution in [3.05, 3.63) is 52.8 Å². The predicted molar refractivity (Wildman–Crippen MR) is 72.6 cm³/mol. The number of allylic oxidation sites excluding steroid dienone is 1. The van der Waals surface area contributed by atoms with Crippen LogP contribution in [0.15, 0.2) is 47.2 Å². The van der Waals surface area contributed by atoms with Gasteiger partial charge >= 0.3 is 0 Å². The third kappa shape index (κ3) is 3.85. The summed E-state index contributed by atoms with van der Waals surface area (Å²) in [7, 11) is 0. The highest BCUT2D eigenvalue weighted by molar-refractivity contribution is 9.10. The summed E-state index contributed by atoms with van der Waals surface area (Å²) < 4.78 is 0.885. The molecule has 0 radical (unpaired) electrons. The zero-order valence-electron chi connectivity index (χ0n) is 9.63. The lowest BCUT2D eigenvalue weighted by Crippen LogP contribution is -2.10. The van der Waals surface area contributed by atoms with E-state index >= 15 is 0 Å². The highest BCUT2D eigenvalue weighted by Gasteiger charge is 2.03. The van der Waals surface area contributed by atoms with E-state index in [9.17, 15) is 9.59 Å². The molecule has 0 bridgehead atoms. The van der Waals surface area contributed by atoms with Gasteiger partial charge < -0.3 is 0 Å². The largest absolute Gasteiger partial charge is 0.291 e. The number of carbonyl (C=O) groups is 2. The molecule has 2 N–H and O–H groups in total. The molecular formula is C12H9BrN4O2. The third-order valence-corrected chi connectivity index (χ3v) is 2.70. The molecule has 1 amide bonds. The van der Waals surface area contributed by atoms with Crippen LogP contribution in [0.2, 0.25) is 0 Å². The van der Waals surface area contributed by atoms with Gasteiger partial charge in [-0.2, -0.15) is 10.1 Å². The van der Waals surface area contributed by atoms with Crippen LogP contribution in [0.1, 0.15) is 10.4 Å². The van der Waals surface area contributed by atoms with E-state index < -0.39 is 5.91 Å². The van der Waals surface area contributed by atoms with Crippen LogP contribution in [0.3, 0.4) is 0 Å². The average molecular weight is 321 g/mol. The lowest BCUT2D eigenvalue weighted by atomic mass is 10.1. The van der Waals surface area contributed by atoms with Crippen molar-refractivity contribution in [1.29, 1.82) is 0 Å². The summed E-state index contributed by atoms with van der Waals surface area (Å²) in [5, 5.41) is 8.48. The van der Waals surface area contributed by atoms with Gasteiger partial charge in [-0.25, -0.2) is 5.10 Å². The Morgan fingerprint density at radius 3 is 2.58 bits per heavy atom. The number of nitrogens with zero attached hydrogens (tertiary/aromatic N) is 2. The fraction of sp³-hybridized carbons (Fsp3) is 0. The Morgan fingerprint density at radius 1 is 1.21 bits per heavy atom. The molecular weight excluding hydrogens is 312 g/mol. The summed E-state index contributed by atoms with van der Waals surface area (Å²) in [6.07, 6.45) is 3.62. The number of aromatic amines is 1. The van der Waals surface area contributed by atoms with Crippen molar-refractivity contribution in [2.75, 3.05) is 5.32 Å². The molecule has 1 heterocycles. The van der Waals surface area contributed by atoms with E-state index in [-0.39, 0.29) is 11.7 Å². The predicted octanol–water partition coefficient (Wildman–Crippen LogP) is 1.94. The third-order valence-electron chi connectivity index (χ3n) is 2.17. The van der Waals surface area contributed by atoms with Gasteiger partial charge in [-0.05, 0) is 30.3 Å². The molecule has 0 spiro atoms. The zero-order valence-corrected chi connectivity index (χ0v) is 11.2.